The predicted molar refractivity (Wildman–Crippen MR) is 52.2 cm³/mol. The van der Waals surface area contributed by atoms with Crippen LogP contribution in [0.4, 0.5) is 0 Å². The molecule has 4 heteroatoms. The molecule has 1 aromatic rings. The van der Waals surface area contributed by atoms with E-state index in [1.165, 1.54) is 0 Å². The van der Waals surface area contributed by atoms with Crippen LogP contribution in [0, 0.1) is 5.92 Å². The van der Waals surface area contributed by atoms with Crippen molar-refractivity contribution in [3.05, 3.63) is 11.9 Å². The predicted octanol–water partition coefficient (Wildman–Crippen LogP) is 1.51. The second-order valence-electron chi connectivity index (χ2n) is 3.90. The average molecular weight is 182 g/mol. The first kappa shape index (κ1) is 10.2. The van der Waals surface area contributed by atoms with Crippen molar-refractivity contribution in [1.82, 2.24) is 15.0 Å². The van der Waals surface area contributed by atoms with Crippen molar-refractivity contribution in [1.29, 1.82) is 0 Å². The highest BCUT2D eigenvalue weighted by molar-refractivity contribution is 4.98. The molecule has 2 atom stereocenters. The lowest BCUT2D eigenvalue weighted by Gasteiger charge is -2.14. The summed E-state index contributed by atoms with van der Waals surface area (Å²) in [7, 11) is 0. The molecule has 0 aliphatic rings. The van der Waals surface area contributed by atoms with Gasteiger partial charge in [0.2, 0.25) is 0 Å². The second kappa shape index (κ2) is 3.87. The Hall–Kier alpha value is -0.900. The molecule has 74 valence electrons. The summed E-state index contributed by atoms with van der Waals surface area (Å²) >= 11 is 0. The molecular formula is C9H18N4. The van der Waals surface area contributed by atoms with E-state index >= 15 is 0 Å². The molecule has 2 unspecified atom stereocenters. The first-order valence-corrected chi connectivity index (χ1v) is 4.69. The lowest BCUT2D eigenvalue weighted by atomic mass is 10.1. The fourth-order valence-corrected chi connectivity index (χ4v) is 1.00. The molecule has 13 heavy (non-hydrogen) atoms. The van der Waals surface area contributed by atoms with E-state index in [-0.39, 0.29) is 6.04 Å². The summed E-state index contributed by atoms with van der Waals surface area (Å²) in [4.78, 5) is 0. The molecule has 0 fully saturated rings. The minimum atomic E-state index is -0.0342. The van der Waals surface area contributed by atoms with E-state index in [2.05, 4.69) is 31.1 Å². The summed E-state index contributed by atoms with van der Waals surface area (Å²) in [5.41, 5.74) is 6.54. The van der Waals surface area contributed by atoms with Gasteiger partial charge in [0.15, 0.2) is 0 Å². The van der Waals surface area contributed by atoms with Crippen molar-refractivity contribution in [3.63, 3.8) is 0 Å². The molecule has 1 heterocycles. The van der Waals surface area contributed by atoms with Crippen LogP contribution in [-0.4, -0.2) is 15.0 Å². The Kier molecular flexibility index (Phi) is 3.03. The lowest BCUT2D eigenvalue weighted by Crippen LogP contribution is -2.12. The topological polar surface area (TPSA) is 56.7 Å². The minimum absolute atomic E-state index is 0.0342. The van der Waals surface area contributed by atoms with Gasteiger partial charge in [-0.1, -0.05) is 19.1 Å². The van der Waals surface area contributed by atoms with E-state index in [1.807, 2.05) is 17.8 Å². The van der Waals surface area contributed by atoms with Crippen molar-refractivity contribution in [2.24, 2.45) is 11.7 Å². The molecule has 4 nitrogen and oxygen atoms in total. The number of hydrogen-bond acceptors (Lipinski definition) is 3. The van der Waals surface area contributed by atoms with Crippen molar-refractivity contribution in [3.8, 4) is 0 Å². The molecule has 2 N–H and O–H groups in total. The molecule has 0 radical (unpaired) electrons. The van der Waals surface area contributed by atoms with Crippen molar-refractivity contribution in [2.45, 2.75) is 39.8 Å². The zero-order chi connectivity index (χ0) is 10.0. The Bertz CT molecular complexity index is 264. The van der Waals surface area contributed by atoms with Crippen LogP contribution in [0.5, 0.6) is 0 Å². The van der Waals surface area contributed by atoms with Gasteiger partial charge in [-0.2, -0.15) is 0 Å². The van der Waals surface area contributed by atoms with Gasteiger partial charge in [0, 0.05) is 6.04 Å². The molecule has 0 aliphatic heterocycles. The Morgan fingerprint density at radius 3 is 2.31 bits per heavy atom. The molecule has 1 aromatic heterocycles. The van der Waals surface area contributed by atoms with Crippen molar-refractivity contribution < 1.29 is 0 Å². The van der Waals surface area contributed by atoms with Gasteiger partial charge >= 0.3 is 0 Å². The van der Waals surface area contributed by atoms with Crippen LogP contribution < -0.4 is 5.73 Å². The molecule has 0 aliphatic carbocycles. The minimum Gasteiger partial charge on any atom is -0.323 e. The second-order valence-corrected chi connectivity index (χ2v) is 3.90. The maximum atomic E-state index is 5.69. The summed E-state index contributed by atoms with van der Waals surface area (Å²) in [6.07, 6.45) is 1.93. The van der Waals surface area contributed by atoms with E-state index in [0.29, 0.717) is 12.0 Å². The smallest absolute Gasteiger partial charge is 0.0991 e. The molecule has 0 saturated carbocycles. The third-order valence-electron chi connectivity index (χ3n) is 2.38. The SMILES string of the molecule is CC(N)c1cn(C(C)C(C)C)nn1. The third kappa shape index (κ3) is 2.28. The summed E-state index contributed by atoms with van der Waals surface area (Å²) in [6, 6.07) is 0.341. The maximum Gasteiger partial charge on any atom is 0.0991 e. The number of nitrogens with two attached hydrogens (primary N) is 1. The lowest BCUT2D eigenvalue weighted by molar-refractivity contribution is 0.368. The number of hydrogen-bond donors (Lipinski definition) is 1. The first-order valence-electron chi connectivity index (χ1n) is 4.69. The van der Waals surface area contributed by atoms with Crippen molar-refractivity contribution in [2.75, 3.05) is 0 Å². The van der Waals surface area contributed by atoms with Crippen LogP contribution in [0.2, 0.25) is 0 Å². The number of nitrogens with zero attached hydrogens (tertiary/aromatic N) is 3. The normalized spacial score (nSPS) is 16.2. The van der Waals surface area contributed by atoms with Crippen LogP contribution in [-0.2, 0) is 0 Å². The fraction of sp³-hybridized carbons (Fsp3) is 0.778. The molecule has 0 spiro atoms. The van der Waals surface area contributed by atoms with Gasteiger partial charge in [-0.15, -0.1) is 5.10 Å². The molecule has 1 rings (SSSR count). The molecule has 0 aromatic carbocycles. The Labute approximate surface area is 79.1 Å². The zero-order valence-corrected chi connectivity index (χ0v) is 8.73. The van der Waals surface area contributed by atoms with E-state index in [0.717, 1.165) is 5.69 Å². The zero-order valence-electron chi connectivity index (χ0n) is 8.73. The van der Waals surface area contributed by atoms with Gasteiger partial charge in [0.1, 0.15) is 0 Å². The van der Waals surface area contributed by atoms with Crippen LogP contribution in [0.1, 0.15) is 45.5 Å². The number of rotatable bonds is 3. The molecular weight excluding hydrogens is 164 g/mol. The molecule has 0 bridgehead atoms. The van der Waals surface area contributed by atoms with Crippen molar-refractivity contribution >= 4 is 0 Å². The highest BCUT2D eigenvalue weighted by Gasteiger charge is 2.12. The average Bonchev–Trinajstić information content (AvgIpc) is 2.50. The van der Waals surface area contributed by atoms with Crippen LogP contribution in [0.15, 0.2) is 6.20 Å². The highest BCUT2D eigenvalue weighted by atomic mass is 15.4. The van der Waals surface area contributed by atoms with Gasteiger partial charge in [-0.3, -0.25) is 0 Å². The largest absolute Gasteiger partial charge is 0.323 e. The first-order chi connectivity index (χ1) is 6.02. The monoisotopic (exact) mass is 182 g/mol. The van der Waals surface area contributed by atoms with Gasteiger partial charge in [0.25, 0.3) is 0 Å². The summed E-state index contributed by atoms with van der Waals surface area (Å²) in [5.74, 6) is 0.558. The van der Waals surface area contributed by atoms with E-state index in [9.17, 15) is 0 Å². The van der Waals surface area contributed by atoms with Gasteiger partial charge in [-0.05, 0) is 19.8 Å². The number of aromatic nitrogens is 3. The maximum absolute atomic E-state index is 5.69. The molecule has 0 amide bonds. The fourth-order valence-electron chi connectivity index (χ4n) is 1.00. The Morgan fingerprint density at radius 2 is 1.92 bits per heavy atom. The Balaban J connectivity index is 2.79. The summed E-state index contributed by atoms with van der Waals surface area (Å²) in [6.45, 7) is 8.37. The molecule has 0 saturated heterocycles. The quantitative estimate of drug-likeness (QED) is 0.771. The van der Waals surface area contributed by atoms with Crippen LogP contribution in [0.25, 0.3) is 0 Å². The van der Waals surface area contributed by atoms with E-state index < -0.39 is 0 Å². The van der Waals surface area contributed by atoms with E-state index in [1.54, 1.807) is 0 Å². The Morgan fingerprint density at radius 1 is 1.31 bits per heavy atom. The van der Waals surface area contributed by atoms with Crippen LogP contribution >= 0.6 is 0 Å². The van der Waals surface area contributed by atoms with Gasteiger partial charge in [-0.25, -0.2) is 4.68 Å². The van der Waals surface area contributed by atoms with Gasteiger partial charge < -0.3 is 5.73 Å². The van der Waals surface area contributed by atoms with Crippen LogP contribution in [0.3, 0.4) is 0 Å². The van der Waals surface area contributed by atoms with Gasteiger partial charge in [0.05, 0.1) is 17.9 Å². The third-order valence-corrected chi connectivity index (χ3v) is 2.38. The summed E-state index contributed by atoms with van der Waals surface area (Å²) in [5, 5.41) is 8.05. The van der Waals surface area contributed by atoms with E-state index in [4.69, 9.17) is 5.73 Å². The summed E-state index contributed by atoms with van der Waals surface area (Å²) < 4.78 is 1.88. The standard InChI is InChI=1S/C9H18N4/c1-6(2)8(4)13-5-9(7(3)10)11-12-13/h5-8H,10H2,1-4H3. The highest BCUT2D eigenvalue weighted by Crippen LogP contribution is 2.16.